The predicted octanol–water partition coefficient (Wildman–Crippen LogP) is 1.70. The molecule has 1 atom stereocenters. The lowest BCUT2D eigenvalue weighted by Crippen LogP contribution is -2.28. The van der Waals surface area contributed by atoms with Gasteiger partial charge >= 0.3 is 0 Å². The molecule has 11 heavy (non-hydrogen) atoms. The van der Waals surface area contributed by atoms with E-state index in [9.17, 15) is 4.79 Å². The number of nitrogens with zero attached hydrogens (tertiary/aromatic N) is 1. The first-order valence-electron chi connectivity index (χ1n) is 4.52. The van der Waals surface area contributed by atoms with Gasteiger partial charge in [-0.1, -0.05) is 13.8 Å². The van der Waals surface area contributed by atoms with Crippen LogP contribution in [0.1, 0.15) is 33.6 Å². The van der Waals surface area contributed by atoms with Crippen molar-refractivity contribution in [1.82, 2.24) is 4.90 Å². The third-order valence-corrected chi connectivity index (χ3v) is 2.00. The van der Waals surface area contributed by atoms with Gasteiger partial charge in [0.25, 0.3) is 0 Å². The van der Waals surface area contributed by atoms with E-state index in [1.165, 1.54) is 12.8 Å². The van der Waals surface area contributed by atoms with E-state index in [1.807, 2.05) is 13.8 Å². The smallest absolute Gasteiger partial charge is 0.133 e. The number of rotatable bonds is 2. The molecule has 0 N–H and O–H groups in total. The zero-order valence-electron chi connectivity index (χ0n) is 7.84. The molecule has 2 heteroatoms. The minimum absolute atomic E-state index is 0.626. The van der Waals surface area contributed by atoms with Crippen LogP contribution in [0.5, 0.6) is 0 Å². The number of hydrogen-bond donors (Lipinski definition) is 0. The minimum atomic E-state index is 0.626. The molecule has 0 spiro atoms. The molecular formula is C9H19NO. The summed E-state index contributed by atoms with van der Waals surface area (Å²) in [5.74, 6) is 0. The van der Waals surface area contributed by atoms with Crippen LogP contribution in [-0.2, 0) is 4.79 Å². The Bertz CT molecular complexity index is 104. The zero-order chi connectivity index (χ0) is 8.69. The lowest BCUT2D eigenvalue weighted by molar-refractivity contribution is -0.109. The quantitative estimate of drug-likeness (QED) is 0.569. The fraction of sp³-hybridized carbons (Fsp3) is 0.889. The molecule has 0 amide bonds. The van der Waals surface area contributed by atoms with E-state index in [4.69, 9.17) is 0 Å². The van der Waals surface area contributed by atoms with Crippen LogP contribution in [0.25, 0.3) is 0 Å². The Balaban J connectivity index is 0.000000461. The van der Waals surface area contributed by atoms with Crippen LogP contribution in [0.3, 0.4) is 0 Å². The second kappa shape index (κ2) is 6.35. The number of hydrogen-bond acceptors (Lipinski definition) is 2. The van der Waals surface area contributed by atoms with Crippen molar-refractivity contribution in [3.63, 3.8) is 0 Å². The maximum Gasteiger partial charge on any atom is 0.133 e. The van der Waals surface area contributed by atoms with Crippen LogP contribution in [0.4, 0.5) is 0 Å². The van der Waals surface area contributed by atoms with Crippen molar-refractivity contribution >= 4 is 6.29 Å². The largest absolute Gasteiger partial charge is 0.302 e. The van der Waals surface area contributed by atoms with Gasteiger partial charge in [0.05, 0.1) is 6.54 Å². The van der Waals surface area contributed by atoms with Crippen molar-refractivity contribution in [3.8, 4) is 0 Å². The molecular weight excluding hydrogens is 138 g/mol. The molecule has 0 bridgehead atoms. The molecule has 1 heterocycles. The molecule has 2 nitrogen and oxygen atoms in total. The van der Waals surface area contributed by atoms with Gasteiger partial charge in [-0.2, -0.15) is 0 Å². The SMILES string of the molecule is CC.CC1CCCN1CC=O. The summed E-state index contributed by atoms with van der Waals surface area (Å²) >= 11 is 0. The summed E-state index contributed by atoms with van der Waals surface area (Å²) in [7, 11) is 0. The molecule has 66 valence electrons. The van der Waals surface area contributed by atoms with Gasteiger partial charge < -0.3 is 4.79 Å². The molecule has 0 aromatic carbocycles. The van der Waals surface area contributed by atoms with Crippen LogP contribution in [0.15, 0.2) is 0 Å². The second-order valence-corrected chi connectivity index (χ2v) is 2.65. The fourth-order valence-corrected chi connectivity index (χ4v) is 1.36. The van der Waals surface area contributed by atoms with E-state index in [0.29, 0.717) is 12.6 Å². The van der Waals surface area contributed by atoms with Crippen LogP contribution in [0, 0.1) is 0 Å². The number of carbonyl (C=O) groups is 1. The van der Waals surface area contributed by atoms with Gasteiger partial charge in [0, 0.05) is 6.04 Å². The minimum Gasteiger partial charge on any atom is -0.302 e. The maximum absolute atomic E-state index is 10.1. The topological polar surface area (TPSA) is 20.3 Å². The van der Waals surface area contributed by atoms with Gasteiger partial charge in [0.2, 0.25) is 0 Å². The van der Waals surface area contributed by atoms with Gasteiger partial charge in [-0.05, 0) is 26.3 Å². The zero-order valence-corrected chi connectivity index (χ0v) is 7.84. The molecule has 0 aliphatic carbocycles. The molecule has 0 radical (unpaired) electrons. The lowest BCUT2D eigenvalue weighted by Gasteiger charge is -2.16. The highest BCUT2D eigenvalue weighted by molar-refractivity contribution is 5.52. The molecule has 0 aromatic rings. The highest BCUT2D eigenvalue weighted by Gasteiger charge is 2.18. The summed E-state index contributed by atoms with van der Waals surface area (Å²) in [5, 5.41) is 0. The van der Waals surface area contributed by atoms with E-state index in [1.54, 1.807) is 0 Å². The van der Waals surface area contributed by atoms with Crippen molar-refractivity contribution in [2.75, 3.05) is 13.1 Å². The third-order valence-electron chi connectivity index (χ3n) is 2.00. The summed E-state index contributed by atoms with van der Waals surface area (Å²) in [6.45, 7) is 7.91. The summed E-state index contributed by atoms with van der Waals surface area (Å²) in [6, 6.07) is 0.634. The van der Waals surface area contributed by atoms with Gasteiger partial charge in [-0.25, -0.2) is 0 Å². The Morgan fingerprint density at radius 2 is 2.18 bits per heavy atom. The van der Waals surface area contributed by atoms with Crippen LogP contribution >= 0.6 is 0 Å². The summed E-state index contributed by atoms with van der Waals surface area (Å²) in [5.41, 5.74) is 0. The lowest BCUT2D eigenvalue weighted by atomic mass is 10.2. The van der Waals surface area contributed by atoms with Crippen LogP contribution in [0.2, 0.25) is 0 Å². The molecule has 0 saturated carbocycles. The summed E-state index contributed by atoms with van der Waals surface area (Å²) in [6.07, 6.45) is 3.50. The summed E-state index contributed by atoms with van der Waals surface area (Å²) in [4.78, 5) is 12.3. The average molecular weight is 157 g/mol. The first kappa shape index (κ1) is 10.6. The Morgan fingerprint density at radius 3 is 2.55 bits per heavy atom. The van der Waals surface area contributed by atoms with Crippen molar-refractivity contribution < 1.29 is 4.79 Å². The second-order valence-electron chi connectivity index (χ2n) is 2.65. The normalized spacial score (nSPS) is 24.1. The van der Waals surface area contributed by atoms with Crippen molar-refractivity contribution in [2.45, 2.75) is 39.7 Å². The number of likely N-dealkylation sites (tertiary alicyclic amines) is 1. The molecule has 0 aromatic heterocycles. The van der Waals surface area contributed by atoms with E-state index < -0.39 is 0 Å². The Labute approximate surface area is 69.6 Å². The Morgan fingerprint density at radius 1 is 1.55 bits per heavy atom. The predicted molar refractivity (Wildman–Crippen MR) is 47.7 cm³/mol. The molecule has 1 fully saturated rings. The Kier molecular flexibility index (Phi) is 6.13. The number of aldehydes is 1. The van der Waals surface area contributed by atoms with Gasteiger partial charge in [0.15, 0.2) is 0 Å². The van der Waals surface area contributed by atoms with Crippen molar-refractivity contribution in [1.29, 1.82) is 0 Å². The molecule has 1 aliphatic rings. The highest BCUT2D eigenvalue weighted by atomic mass is 16.1. The monoisotopic (exact) mass is 157 g/mol. The van der Waals surface area contributed by atoms with Crippen LogP contribution < -0.4 is 0 Å². The summed E-state index contributed by atoms with van der Waals surface area (Å²) < 4.78 is 0. The first-order valence-corrected chi connectivity index (χ1v) is 4.52. The first-order chi connectivity index (χ1) is 5.34. The molecule has 1 aliphatic heterocycles. The van der Waals surface area contributed by atoms with E-state index in [2.05, 4.69) is 11.8 Å². The average Bonchev–Trinajstić information content (AvgIpc) is 2.42. The van der Waals surface area contributed by atoms with Crippen LogP contribution in [-0.4, -0.2) is 30.3 Å². The van der Waals surface area contributed by atoms with E-state index >= 15 is 0 Å². The maximum atomic E-state index is 10.1. The van der Waals surface area contributed by atoms with E-state index in [0.717, 1.165) is 12.8 Å². The molecule has 1 rings (SSSR count). The Hall–Kier alpha value is -0.370. The highest BCUT2D eigenvalue weighted by Crippen LogP contribution is 2.14. The van der Waals surface area contributed by atoms with Gasteiger partial charge in [0.1, 0.15) is 6.29 Å². The molecule has 1 saturated heterocycles. The number of carbonyl (C=O) groups excluding carboxylic acids is 1. The molecule has 1 unspecified atom stereocenters. The van der Waals surface area contributed by atoms with E-state index in [-0.39, 0.29) is 0 Å². The van der Waals surface area contributed by atoms with Crippen molar-refractivity contribution in [3.05, 3.63) is 0 Å². The third kappa shape index (κ3) is 3.51. The van der Waals surface area contributed by atoms with Gasteiger partial charge in [-0.15, -0.1) is 0 Å². The standard InChI is InChI=1S/C7H13NO.C2H6/c1-7-3-2-4-8(7)5-6-9;1-2/h6-7H,2-5H2,1H3;1-2H3. The fourth-order valence-electron chi connectivity index (χ4n) is 1.36. The van der Waals surface area contributed by atoms with Crippen molar-refractivity contribution in [2.24, 2.45) is 0 Å². The van der Waals surface area contributed by atoms with Gasteiger partial charge in [-0.3, -0.25) is 4.90 Å².